The maximum absolute atomic E-state index is 6.00. The van der Waals surface area contributed by atoms with Crippen molar-refractivity contribution in [3.05, 3.63) is 42.2 Å². The molecular formula is C19H28OS. The van der Waals surface area contributed by atoms with Gasteiger partial charge in [-0.3, -0.25) is 0 Å². The molecule has 1 fully saturated rings. The van der Waals surface area contributed by atoms with Crippen LogP contribution in [0.1, 0.15) is 57.9 Å². The summed E-state index contributed by atoms with van der Waals surface area (Å²) in [7, 11) is 0. The molecule has 1 heterocycles. The molecule has 0 bridgehead atoms. The maximum Gasteiger partial charge on any atom is 0.102 e. The first-order valence-corrected chi connectivity index (χ1v) is 9.22. The average Bonchev–Trinajstić information content (AvgIpc) is 2.50. The van der Waals surface area contributed by atoms with Crippen LogP contribution in [0.5, 0.6) is 0 Å². The predicted molar refractivity (Wildman–Crippen MR) is 94.6 cm³/mol. The van der Waals surface area contributed by atoms with Gasteiger partial charge in [-0.05, 0) is 43.1 Å². The second-order valence-corrected chi connectivity index (χ2v) is 7.59. The topological polar surface area (TPSA) is 9.23 Å². The van der Waals surface area contributed by atoms with E-state index in [-0.39, 0.29) is 0 Å². The molecule has 2 heteroatoms. The van der Waals surface area contributed by atoms with E-state index in [9.17, 15) is 0 Å². The highest BCUT2D eigenvalue weighted by molar-refractivity contribution is 8.00. The standard InChI is InChI=1S/C19H28OS/c1-3-19(13-9-4-5-10-14-21-19)16-20-15-17(2)18-11-7-6-8-12-18/h6-8,11-12,15H,3-5,9-10,13-14,16H2,1-2H3/b17-15-. The Morgan fingerprint density at radius 3 is 2.71 bits per heavy atom. The molecule has 0 amide bonds. The van der Waals surface area contributed by atoms with Crippen molar-refractivity contribution in [2.45, 2.75) is 57.1 Å². The molecule has 1 aliphatic rings. The number of allylic oxidation sites excluding steroid dienone is 1. The summed E-state index contributed by atoms with van der Waals surface area (Å²) in [6, 6.07) is 10.5. The summed E-state index contributed by atoms with van der Waals surface area (Å²) in [5, 5.41) is 0. The normalized spacial score (nSPS) is 24.2. The van der Waals surface area contributed by atoms with E-state index in [4.69, 9.17) is 4.74 Å². The molecule has 1 nitrogen and oxygen atoms in total. The largest absolute Gasteiger partial charge is 0.499 e. The van der Waals surface area contributed by atoms with Crippen molar-refractivity contribution in [3.63, 3.8) is 0 Å². The number of thioether (sulfide) groups is 1. The minimum absolute atomic E-state index is 0.327. The molecule has 1 aliphatic heterocycles. The van der Waals surface area contributed by atoms with E-state index in [0.29, 0.717) is 4.75 Å². The Kier molecular flexibility index (Phi) is 6.69. The summed E-state index contributed by atoms with van der Waals surface area (Å²) in [4.78, 5) is 0. The van der Waals surface area contributed by atoms with Crippen molar-refractivity contribution >= 4 is 17.3 Å². The summed E-state index contributed by atoms with van der Waals surface area (Å²) in [6.45, 7) is 5.28. The van der Waals surface area contributed by atoms with E-state index in [0.717, 1.165) is 6.61 Å². The molecule has 1 aromatic carbocycles. The minimum Gasteiger partial charge on any atom is -0.499 e. The number of hydrogen-bond donors (Lipinski definition) is 0. The fourth-order valence-corrected chi connectivity index (χ4v) is 4.27. The number of rotatable bonds is 5. The molecule has 0 spiro atoms. The van der Waals surface area contributed by atoms with Crippen LogP contribution in [0.25, 0.3) is 5.57 Å². The van der Waals surface area contributed by atoms with Gasteiger partial charge in [0.05, 0.1) is 6.26 Å². The van der Waals surface area contributed by atoms with E-state index in [1.54, 1.807) is 0 Å². The molecule has 0 N–H and O–H groups in total. The Labute approximate surface area is 134 Å². The Hall–Kier alpha value is -0.890. The van der Waals surface area contributed by atoms with Crippen LogP contribution in [-0.2, 0) is 4.74 Å². The van der Waals surface area contributed by atoms with Crippen LogP contribution in [-0.4, -0.2) is 17.1 Å². The first-order valence-electron chi connectivity index (χ1n) is 8.23. The van der Waals surface area contributed by atoms with Crippen molar-refractivity contribution in [2.75, 3.05) is 12.4 Å². The summed E-state index contributed by atoms with van der Waals surface area (Å²) >= 11 is 2.14. The molecule has 1 saturated heterocycles. The van der Waals surface area contributed by atoms with Crippen LogP contribution in [0.3, 0.4) is 0 Å². The molecule has 0 aromatic heterocycles. The highest BCUT2D eigenvalue weighted by Gasteiger charge is 2.29. The van der Waals surface area contributed by atoms with Gasteiger partial charge in [-0.1, -0.05) is 56.5 Å². The number of benzene rings is 1. The van der Waals surface area contributed by atoms with Crippen LogP contribution in [0.15, 0.2) is 36.6 Å². The van der Waals surface area contributed by atoms with Crippen molar-refractivity contribution in [3.8, 4) is 0 Å². The van der Waals surface area contributed by atoms with Crippen LogP contribution in [0.2, 0.25) is 0 Å². The van der Waals surface area contributed by atoms with Gasteiger partial charge in [-0.15, -0.1) is 0 Å². The van der Waals surface area contributed by atoms with Crippen LogP contribution < -0.4 is 0 Å². The number of hydrogen-bond acceptors (Lipinski definition) is 2. The van der Waals surface area contributed by atoms with E-state index in [2.05, 4.69) is 55.9 Å². The molecule has 1 aromatic rings. The average molecular weight is 304 g/mol. The summed E-state index contributed by atoms with van der Waals surface area (Å²) in [6.07, 6.45) is 9.97. The molecule has 1 atom stereocenters. The monoisotopic (exact) mass is 304 g/mol. The third-order valence-corrected chi connectivity index (χ3v) is 6.13. The zero-order valence-corrected chi connectivity index (χ0v) is 14.3. The molecule has 0 saturated carbocycles. The van der Waals surface area contributed by atoms with Crippen molar-refractivity contribution in [1.29, 1.82) is 0 Å². The summed E-state index contributed by atoms with van der Waals surface area (Å²) in [5.74, 6) is 1.29. The third-order valence-electron chi connectivity index (χ3n) is 4.41. The first-order chi connectivity index (χ1) is 10.3. The predicted octanol–water partition coefficient (Wildman–Crippen LogP) is 5.91. The Bertz CT molecular complexity index is 430. The van der Waals surface area contributed by atoms with Crippen molar-refractivity contribution in [2.24, 2.45) is 0 Å². The lowest BCUT2D eigenvalue weighted by atomic mass is 9.97. The molecule has 2 rings (SSSR count). The second-order valence-electron chi connectivity index (χ2n) is 6.03. The molecule has 0 radical (unpaired) electrons. The zero-order chi connectivity index (χ0) is 15.0. The number of ether oxygens (including phenoxy) is 1. The van der Waals surface area contributed by atoms with E-state index in [1.807, 2.05) is 6.26 Å². The van der Waals surface area contributed by atoms with E-state index in [1.165, 1.54) is 55.4 Å². The van der Waals surface area contributed by atoms with Gasteiger partial charge >= 0.3 is 0 Å². The van der Waals surface area contributed by atoms with Gasteiger partial charge in [-0.25, -0.2) is 0 Å². The van der Waals surface area contributed by atoms with Crippen LogP contribution in [0.4, 0.5) is 0 Å². The minimum atomic E-state index is 0.327. The molecule has 116 valence electrons. The van der Waals surface area contributed by atoms with Gasteiger partial charge in [-0.2, -0.15) is 11.8 Å². The lowest BCUT2D eigenvalue weighted by molar-refractivity contribution is 0.201. The lowest BCUT2D eigenvalue weighted by Gasteiger charge is -2.33. The van der Waals surface area contributed by atoms with Gasteiger partial charge in [0.1, 0.15) is 6.61 Å². The first kappa shape index (κ1) is 16.5. The van der Waals surface area contributed by atoms with Gasteiger partial charge in [0.15, 0.2) is 0 Å². The van der Waals surface area contributed by atoms with Crippen molar-refractivity contribution in [1.82, 2.24) is 0 Å². The van der Waals surface area contributed by atoms with Gasteiger partial charge in [0.25, 0.3) is 0 Å². The molecule has 0 aliphatic carbocycles. The van der Waals surface area contributed by atoms with Gasteiger partial charge in [0, 0.05) is 4.75 Å². The highest BCUT2D eigenvalue weighted by Crippen LogP contribution is 2.37. The van der Waals surface area contributed by atoms with E-state index >= 15 is 0 Å². The van der Waals surface area contributed by atoms with Crippen molar-refractivity contribution < 1.29 is 4.74 Å². The fourth-order valence-electron chi connectivity index (χ4n) is 2.85. The Morgan fingerprint density at radius 1 is 1.19 bits per heavy atom. The Morgan fingerprint density at radius 2 is 1.95 bits per heavy atom. The highest BCUT2D eigenvalue weighted by atomic mass is 32.2. The van der Waals surface area contributed by atoms with Gasteiger partial charge in [0.2, 0.25) is 0 Å². The van der Waals surface area contributed by atoms with Crippen LogP contribution in [0, 0.1) is 0 Å². The smallest absolute Gasteiger partial charge is 0.102 e. The quantitative estimate of drug-likeness (QED) is 0.625. The molecule has 21 heavy (non-hydrogen) atoms. The SMILES string of the molecule is CCC1(CO/C=C(/C)c2ccccc2)CCCCCCS1. The fraction of sp³-hybridized carbons (Fsp3) is 0.579. The van der Waals surface area contributed by atoms with Gasteiger partial charge < -0.3 is 4.74 Å². The summed E-state index contributed by atoms with van der Waals surface area (Å²) in [5.41, 5.74) is 2.45. The lowest BCUT2D eigenvalue weighted by Crippen LogP contribution is -2.31. The molecule has 1 unspecified atom stereocenters. The Balaban J connectivity index is 1.92. The third kappa shape index (κ3) is 5.10. The molecular weight excluding hydrogens is 276 g/mol. The zero-order valence-electron chi connectivity index (χ0n) is 13.4. The maximum atomic E-state index is 6.00. The van der Waals surface area contributed by atoms with E-state index < -0.39 is 0 Å². The summed E-state index contributed by atoms with van der Waals surface area (Å²) < 4.78 is 6.32. The van der Waals surface area contributed by atoms with Crippen LogP contribution >= 0.6 is 11.8 Å². The second kappa shape index (κ2) is 8.53.